The van der Waals surface area contributed by atoms with Crippen molar-refractivity contribution in [1.82, 2.24) is 5.32 Å². The molecular weight excluding hydrogens is 270 g/mol. The van der Waals surface area contributed by atoms with Crippen LogP contribution in [0.4, 0.5) is 0 Å². The molecule has 1 aromatic carbocycles. The molecule has 1 unspecified atom stereocenters. The van der Waals surface area contributed by atoms with Gasteiger partial charge < -0.3 is 14.5 Å². The Labute approximate surface area is 121 Å². The monoisotopic (exact) mass is 285 g/mol. The minimum Gasteiger partial charge on any atom is -0.461 e. The Morgan fingerprint density at radius 1 is 1.19 bits per heavy atom. The fraction of sp³-hybridized carbons (Fsp3) is 0.250. The van der Waals surface area contributed by atoms with Gasteiger partial charge in [0.1, 0.15) is 0 Å². The van der Waals surface area contributed by atoms with E-state index in [-0.39, 0.29) is 24.0 Å². The molecule has 0 radical (unpaired) electrons. The number of amides is 1. The first-order valence-electron chi connectivity index (χ1n) is 6.79. The molecule has 2 aromatic rings. The van der Waals surface area contributed by atoms with Crippen LogP contribution in [-0.4, -0.2) is 24.8 Å². The topological polar surface area (TPSA) is 68.5 Å². The van der Waals surface area contributed by atoms with Crippen LogP contribution in [-0.2, 0) is 16.0 Å². The number of ether oxygens (including phenoxy) is 1. The molecule has 1 aliphatic heterocycles. The van der Waals surface area contributed by atoms with Crippen LogP contribution in [0.25, 0.3) is 0 Å². The van der Waals surface area contributed by atoms with Crippen molar-refractivity contribution in [2.75, 3.05) is 13.2 Å². The maximum Gasteiger partial charge on any atom is 0.254 e. The molecule has 1 aliphatic rings. The van der Waals surface area contributed by atoms with Crippen molar-refractivity contribution in [3.63, 3.8) is 0 Å². The van der Waals surface area contributed by atoms with Crippen molar-refractivity contribution in [3.05, 3.63) is 59.5 Å². The molecule has 3 rings (SSSR count). The smallest absolute Gasteiger partial charge is 0.254 e. The maximum absolute atomic E-state index is 12.2. The van der Waals surface area contributed by atoms with Crippen LogP contribution < -0.4 is 5.32 Å². The van der Waals surface area contributed by atoms with Crippen LogP contribution in [0.15, 0.2) is 47.1 Å². The number of fused-ring (bicyclic) bond motifs is 1. The SMILES string of the molecule is O=C(CNC(=O)C1OCCc2ccccc21)c1ccco1. The lowest BCUT2D eigenvalue weighted by Crippen LogP contribution is -2.36. The summed E-state index contributed by atoms with van der Waals surface area (Å²) in [6, 6.07) is 10.9. The normalized spacial score (nSPS) is 17.0. The summed E-state index contributed by atoms with van der Waals surface area (Å²) in [5.41, 5.74) is 1.98. The van der Waals surface area contributed by atoms with Gasteiger partial charge in [-0.2, -0.15) is 0 Å². The predicted molar refractivity (Wildman–Crippen MR) is 74.9 cm³/mol. The second kappa shape index (κ2) is 5.93. The number of rotatable bonds is 4. The molecule has 0 aliphatic carbocycles. The summed E-state index contributed by atoms with van der Waals surface area (Å²) in [5.74, 6) is -0.334. The summed E-state index contributed by atoms with van der Waals surface area (Å²) >= 11 is 0. The van der Waals surface area contributed by atoms with Gasteiger partial charge in [0.25, 0.3) is 5.91 Å². The zero-order chi connectivity index (χ0) is 14.7. The molecule has 5 nitrogen and oxygen atoms in total. The number of carbonyl (C=O) groups excluding carboxylic acids is 2. The minimum atomic E-state index is -0.653. The third-order valence-electron chi connectivity index (χ3n) is 3.45. The Bertz CT molecular complexity index is 648. The Kier molecular flexibility index (Phi) is 3.83. The molecule has 5 heteroatoms. The van der Waals surface area contributed by atoms with Gasteiger partial charge in [-0.1, -0.05) is 24.3 Å². The van der Waals surface area contributed by atoms with E-state index in [0.29, 0.717) is 6.61 Å². The fourth-order valence-electron chi connectivity index (χ4n) is 2.40. The summed E-state index contributed by atoms with van der Waals surface area (Å²) in [7, 11) is 0. The molecule has 21 heavy (non-hydrogen) atoms. The van der Waals surface area contributed by atoms with Crippen molar-refractivity contribution in [3.8, 4) is 0 Å². The van der Waals surface area contributed by atoms with Gasteiger partial charge in [-0.15, -0.1) is 0 Å². The highest BCUT2D eigenvalue weighted by molar-refractivity contribution is 5.97. The van der Waals surface area contributed by atoms with Crippen molar-refractivity contribution >= 4 is 11.7 Å². The average molecular weight is 285 g/mol. The highest BCUT2D eigenvalue weighted by atomic mass is 16.5. The highest BCUT2D eigenvalue weighted by Gasteiger charge is 2.27. The third kappa shape index (κ3) is 2.87. The van der Waals surface area contributed by atoms with Crippen LogP contribution in [0.2, 0.25) is 0 Å². The summed E-state index contributed by atoms with van der Waals surface area (Å²) in [4.78, 5) is 24.0. The molecule has 0 bridgehead atoms. The van der Waals surface area contributed by atoms with Gasteiger partial charge in [0.15, 0.2) is 11.9 Å². The lowest BCUT2D eigenvalue weighted by atomic mass is 9.97. The van der Waals surface area contributed by atoms with Crippen LogP contribution in [0.1, 0.15) is 27.8 Å². The van der Waals surface area contributed by atoms with Gasteiger partial charge in [-0.05, 0) is 29.7 Å². The number of Topliss-reactive ketones (excluding diaryl/α,β-unsaturated/α-hetero) is 1. The lowest BCUT2D eigenvalue weighted by Gasteiger charge is -2.24. The molecule has 1 atom stereocenters. The molecule has 0 fully saturated rings. The average Bonchev–Trinajstić information content (AvgIpc) is 3.06. The zero-order valence-corrected chi connectivity index (χ0v) is 11.4. The van der Waals surface area contributed by atoms with Crippen molar-refractivity contribution in [2.45, 2.75) is 12.5 Å². The van der Waals surface area contributed by atoms with Gasteiger partial charge in [-0.25, -0.2) is 0 Å². The van der Waals surface area contributed by atoms with Crippen LogP contribution in [0.3, 0.4) is 0 Å². The quantitative estimate of drug-likeness (QED) is 0.871. The Morgan fingerprint density at radius 3 is 2.86 bits per heavy atom. The van der Waals surface area contributed by atoms with Gasteiger partial charge in [0.2, 0.25) is 5.78 Å². The number of furan rings is 1. The van der Waals surface area contributed by atoms with Crippen LogP contribution in [0.5, 0.6) is 0 Å². The molecule has 0 spiro atoms. The minimum absolute atomic E-state index is 0.103. The fourth-order valence-corrected chi connectivity index (χ4v) is 2.40. The first-order valence-corrected chi connectivity index (χ1v) is 6.79. The van der Waals surface area contributed by atoms with Gasteiger partial charge in [-0.3, -0.25) is 9.59 Å². The first kappa shape index (κ1) is 13.6. The molecule has 1 aromatic heterocycles. The molecule has 1 N–H and O–H groups in total. The van der Waals surface area contributed by atoms with Crippen LogP contribution >= 0.6 is 0 Å². The predicted octanol–water partition coefficient (Wildman–Crippen LogP) is 1.89. The Balaban J connectivity index is 1.65. The summed E-state index contributed by atoms with van der Waals surface area (Å²) in [6.45, 7) is 0.398. The van der Waals surface area contributed by atoms with E-state index in [2.05, 4.69) is 5.32 Å². The molecule has 1 amide bonds. The highest BCUT2D eigenvalue weighted by Crippen LogP contribution is 2.26. The van der Waals surface area contributed by atoms with E-state index in [1.165, 1.54) is 6.26 Å². The van der Waals surface area contributed by atoms with E-state index in [1.807, 2.05) is 24.3 Å². The second-order valence-corrected chi connectivity index (χ2v) is 4.82. The number of hydrogen-bond acceptors (Lipinski definition) is 4. The van der Waals surface area contributed by atoms with E-state index >= 15 is 0 Å². The van der Waals surface area contributed by atoms with Crippen molar-refractivity contribution in [1.29, 1.82) is 0 Å². The molecule has 108 valence electrons. The summed E-state index contributed by atoms with van der Waals surface area (Å²) in [5, 5.41) is 2.61. The van der Waals surface area contributed by atoms with Gasteiger partial charge >= 0.3 is 0 Å². The number of ketones is 1. The number of carbonyl (C=O) groups is 2. The summed E-state index contributed by atoms with van der Waals surface area (Å²) in [6.07, 6.45) is 1.57. The van der Waals surface area contributed by atoms with E-state index in [1.54, 1.807) is 12.1 Å². The molecular formula is C16H15NO4. The van der Waals surface area contributed by atoms with Gasteiger partial charge in [0.05, 0.1) is 19.4 Å². The molecule has 0 saturated carbocycles. The van der Waals surface area contributed by atoms with Crippen LogP contribution in [0, 0.1) is 0 Å². The Morgan fingerprint density at radius 2 is 2.05 bits per heavy atom. The largest absolute Gasteiger partial charge is 0.461 e. The maximum atomic E-state index is 12.2. The van der Waals surface area contributed by atoms with Crippen molar-refractivity contribution in [2.24, 2.45) is 0 Å². The van der Waals surface area contributed by atoms with Gasteiger partial charge in [0, 0.05) is 0 Å². The summed E-state index contributed by atoms with van der Waals surface area (Å²) < 4.78 is 10.5. The lowest BCUT2D eigenvalue weighted by molar-refractivity contribution is -0.133. The number of hydrogen-bond donors (Lipinski definition) is 1. The van der Waals surface area contributed by atoms with E-state index in [9.17, 15) is 9.59 Å². The standard InChI is InChI=1S/C16H15NO4/c18-13(14-6-3-8-20-14)10-17-16(19)15-12-5-2-1-4-11(12)7-9-21-15/h1-6,8,15H,7,9-10H2,(H,17,19). The van der Waals surface area contributed by atoms with E-state index in [4.69, 9.17) is 9.15 Å². The van der Waals surface area contributed by atoms with E-state index in [0.717, 1.165) is 17.5 Å². The molecule has 0 saturated heterocycles. The van der Waals surface area contributed by atoms with E-state index < -0.39 is 6.10 Å². The number of benzene rings is 1. The number of nitrogens with one attached hydrogen (secondary N) is 1. The van der Waals surface area contributed by atoms with Crippen molar-refractivity contribution < 1.29 is 18.7 Å². The Hall–Kier alpha value is -2.40. The third-order valence-corrected chi connectivity index (χ3v) is 3.45. The second-order valence-electron chi connectivity index (χ2n) is 4.82. The molecule has 2 heterocycles. The first-order chi connectivity index (χ1) is 10.3. The zero-order valence-electron chi connectivity index (χ0n) is 11.4.